The third kappa shape index (κ3) is 7.53. The zero-order chi connectivity index (χ0) is 15.1. The molecule has 0 saturated heterocycles. The Bertz CT molecular complexity index is 264. The predicted molar refractivity (Wildman–Crippen MR) is 82.1 cm³/mol. The van der Waals surface area contributed by atoms with Crippen molar-refractivity contribution in [2.45, 2.75) is 53.0 Å². The number of nitrogens with two attached hydrogens (primary N) is 1. The summed E-state index contributed by atoms with van der Waals surface area (Å²) in [5.74, 6) is 0.266. The van der Waals surface area contributed by atoms with Gasteiger partial charge in [0.05, 0.1) is 0 Å². The van der Waals surface area contributed by atoms with Gasteiger partial charge in [0.2, 0.25) is 5.91 Å². The van der Waals surface area contributed by atoms with Crippen molar-refractivity contribution in [3.63, 3.8) is 0 Å². The van der Waals surface area contributed by atoms with Crippen molar-refractivity contribution in [2.24, 2.45) is 11.1 Å². The van der Waals surface area contributed by atoms with Gasteiger partial charge in [-0.2, -0.15) is 0 Å². The van der Waals surface area contributed by atoms with E-state index in [0.29, 0.717) is 13.0 Å². The molecule has 0 rings (SSSR count). The molecule has 4 nitrogen and oxygen atoms in total. The molecule has 0 aromatic rings. The standard InChI is InChI=1S/C15H33N3O/c1-7-18(13(2)12-17(5)6)14(19)8-9-15(3,4)10-11-16/h13H,7-12,16H2,1-6H3. The molecule has 0 fully saturated rings. The lowest BCUT2D eigenvalue weighted by Crippen LogP contribution is -2.43. The number of rotatable bonds is 9. The molecular formula is C15H33N3O. The molecular weight excluding hydrogens is 238 g/mol. The quantitative estimate of drug-likeness (QED) is 0.697. The van der Waals surface area contributed by atoms with Crippen LogP contribution in [0, 0.1) is 5.41 Å². The summed E-state index contributed by atoms with van der Waals surface area (Å²) in [4.78, 5) is 16.4. The third-order valence-electron chi connectivity index (χ3n) is 3.66. The minimum atomic E-state index is 0.161. The molecule has 0 aromatic carbocycles. The van der Waals surface area contributed by atoms with Gasteiger partial charge in [-0.05, 0) is 52.7 Å². The molecule has 2 N–H and O–H groups in total. The smallest absolute Gasteiger partial charge is 0.222 e. The van der Waals surface area contributed by atoms with Gasteiger partial charge in [0, 0.05) is 25.6 Å². The van der Waals surface area contributed by atoms with Crippen LogP contribution in [-0.4, -0.2) is 55.5 Å². The van der Waals surface area contributed by atoms with Crippen molar-refractivity contribution in [3.8, 4) is 0 Å². The number of nitrogens with zero attached hydrogens (tertiary/aromatic N) is 2. The van der Waals surface area contributed by atoms with Crippen LogP contribution in [0.2, 0.25) is 0 Å². The molecule has 1 atom stereocenters. The lowest BCUT2D eigenvalue weighted by molar-refractivity contribution is -0.133. The molecule has 1 amide bonds. The van der Waals surface area contributed by atoms with Gasteiger partial charge in [-0.25, -0.2) is 0 Å². The first kappa shape index (κ1) is 18.4. The second kappa shape index (κ2) is 8.54. The van der Waals surface area contributed by atoms with E-state index in [1.54, 1.807) is 0 Å². The highest BCUT2D eigenvalue weighted by Crippen LogP contribution is 2.26. The first-order valence-electron chi connectivity index (χ1n) is 7.37. The van der Waals surface area contributed by atoms with Crippen LogP contribution in [0.3, 0.4) is 0 Å². The Kier molecular flexibility index (Phi) is 8.26. The number of hydrogen-bond donors (Lipinski definition) is 1. The molecule has 0 radical (unpaired) electrons. The lowest BCUT2D eigenvalue weighted by atomic mass is 9.84. The van der Waals surface area contributed by atoms with E-state index in [4.69, 9.17) is 5.73 Å². The third-order valence-corrected chi connectivity index (χ3v) is 3.66. The van der Waals surface area contributed by atoms with E-state index in [9.17, 15) is 4.79 Å². The van der Waals surface area contributed by atoms with Gasteiger partial charge in [-0.15, -0.1) is 0 Å². The van der Waals surface area contributed by atoms with Crippen molar-refractivity contribution in [3.05, 3.63) is 0 Å². The minimum Gasteiger partial charge on any atom is -0.339 e. The highest BCUT2D eigenvalue weighted by Gasteiger charge is 2.23. The molecule has 19 heavy (non-hydrogen) atoms. The molecule has 0 spiro atoms. The van der Waals surface area contributed by atoms with Crippen molar-refractivity contribution < 1.29 is 4.79 Å². The molecule has 0 aliphatic carbocycles. The molecule has 0 aliphatic rings. The molecule has 114 valence electrons. The summed E-state index contributed by atoms with van der Waals surface area (Å²) in [6, 6.07) is 0.269. The maximum absolute atomic E-state index is 12.3. The molecule has 1 unspecified atom stereocenters. The van der Waals surface area contributed by atoms with Crippen LogP contribution in [0.4, 0.5) is 0 Å². The minimum absolute atomic E-state index is 0.161. The zero-order valence-electron chi connectivity index (χ0n) is 13.7. The second-order valence-electron chi connectivity index (χ2n) is 6.49. The van der Waals surface area contributed by atoms with Crippen LogP contribution in [0.1, 0.15) is 47.0 Å². The van der Waals surface area contributed by atoms with Crippen LogP contribution >= 0.6 is 0 Å². The highest BCUT2D eigenvalue weighted by atomic mass is 16.2. The normalized spacial score (nSPS) is 13.7. The van der Waals surface area contributed by atoms with Crippen molar-refractivity contribution in [1.29, 1.82) is 0 Å². The maximum atomic E-state index is 12.3. The summed E-state index contributed by atoms with van der Waals surface area (Å²) >= 11 is 0. The van der Waals surface area contributed by atoms with Crippen LogP contribution in [-0.2, 0) is 4.79 Å². The molecule has 0 heterocycles. The summed E-state index contributed by atoms with van der Waals surface area (Å²) in [6.45, 7) is 10.9. The molecule has 0 bridgehead atoms. The summed E-state index contributed by atoms with van der Waals surface area (Å²) in [5, 5.41) is 0. The number of carbonyl (C=O) groups excluding carboxylic acids is 1. The fourth-order valence-corrected chi connectivity index (χ4v) is 2.47. The van der Waals surface area contributed by atoms with Gasteiger partial charge in [0.1, 0.15) is 0 Å². The van der Waals surface area contributed by atoms with Gasteiger partial charge in [0.25, 0.3) is 0 Å². The topological polar surface area (TPSA) is 49.6 Å². The first-order chi connectivity index (χ1) is 8.73. The Morgan fingerprint density at radius 1 is 1.26 bits per heavy atom. The number of amides is 1. The maximum Gasteiger partial charge on any atom is 0.222 e. The van der Waals surface area contributed by atoms with Crippen LogP contribution < -0.4 is 5.73 Å². The Morgan fingerprint density at radius 2 is 1.84 bits per heavy atom. The Hall–Kier alpha value is -0.610. The fraction of sp³-hybridized carbons (Fsp3) is 0.933. The van der Waals surface area contributed by atoms with E-state index < -0.39 is 0 Å². The number of hydrogen-bond acceptors (Lipinski definition) is 3. The van der Waals surface area contributed by atoms with Crippen molar-refractivity contribution in [1.82, 2.24) is 9.80 Å². The first-order valence-corrected chi connectivity index (χ1v) is 7.37. The molecule has 0 aliphatic heterocycles. The van der Waals surface area contributed by atoms with Gasteiger partial charge < -0.3 is 15.5 Å². The van der Waals surface area contributed by atoms with Crippen molar-refractivity contribution >= 4 is 5.91 Å². The molecule has 0 aromatic heterocycles. The van der Waals surface area contributed by atoms with E-state index in [2.05, 4.69) is 32.6 Å². The second-order valence-corrected chi connectivity index (χ2v) is 6.49. The van der Waals surface area contributed by atoms with E-state index in [0.717, 1.165) is 25.9 Å². The molecule has 4 heteroatoms. The monoisotopic (exact) mass is 271 g/mol. The lowest BCUT2D eigenvalue weighted by Gasteiger charge is -2.31. The predicted octanol–water partition coefficient (Wildman–Crippen LogP) is 1.94. The van der Waals surface area contributed by atoms with E-state index in [1.165, 1.54) is 0 Å². The SMILES string of the molecule is CCN(C(=O)CCC(C)(C)CCN)C(C)CN(C)C. The average Bonchev–Trinajstić information content (AvgIpc) is 2.26. The van der Waals surface area contributed by atoms with E-state index in [1.807, 2.05) is 19.0 Å². The average molecular weight is 271 g/mol. The molecule has 0 saturated carbocycles. The van der Waals surface area contributed by atoms with E-state index >= 15 is 0 Å². The van der Waals surface area contributed by atoms with Crippen LogP contribution in [0.25, 0.3) is 0 Å². The Balaban J connectivity index is 4.36. The Labute approximate surface area is 119 Å². The highest BCUT2D eigenvalue weighted by molar-refractivity contribution is 5.76. The number of likely N-dealkylation sites (N-methyl/N-ethyl adjacent to an activating group) is 2. The number of carbonyl (C=O) groups is 1. The van der Waals surface area contributed by atoms with Crippen LogP contribution in [0.5, 0.6) is 0 Å². The van der Waals surface area contributed by atoms with Gasteiger partial charge in [-0.1, -0.05) is 13.8 Å². The summed E-state index contributed by atoms with van der Waals surface area (Å²) in [6.07, 6.45) is 2.51. The summed E-state index contributed by atoms with van der Waals surface area (Å²) in [5.41, 5.74) is 5.77. The Morgan fingerprint density at radius 3 is 2.26 bits per heavy atom. The van der Waals surface area contributed by atoms with Crippen LogP contribution in [0.15, 0.2) is 0 Å². The summed E-state index contributed by atoms with van der Waals surface area (Å²) < 4.78 is 0. The zero-order valence-corrected chi connectivity index (χ0v) is 13.7. The van der Waals surface area contributed by atoms with Gasteiger partial charge >= 0.3 is 0 Å². The fourth-order valence-electron chi connectivity index (χ4n) is 2.47. The summed E-state index contributed by atoms with van der Waals surface area (Å²) in [7, 11) is 4.08. The van der Waals surface area contributed by atoms with E-state index in [-0.39, 0.29) is 17.4 Å². The van der Waals surface area contributed by atoms with Crippen molar-refractivity contribution in [2.75, 3.05) is 33.7 Å². The van der Waals surface area contributed by atoms with Gasteiger partial charge in [-0.3, -0.25) is 4.79 Å². The largest absolute Gasteiger partial charge is 0.339 e. The van der Waals surface area contributed by atoms with Gasteiger partial charge in [0.15, 0.2) is 0 Å².